The summed E-state index contributed by atoms with van der Waals surface area (Å²) in [5, 5.41) is 21.7. The van der Waals surface area contributed by atoms with Crippen LogP contribution in [0.25, 0.3) is 90.2 Å². The Bertz CT molecular complexity index is 6400. The van der Waals surface area contributed by atoms with Gasteiger partial charge in [0, 0.05) is 64.6 Å². The minimum atomic E-state index is -0.743. The normalized spacial score (nSPS) is 15.7. The number of aryl methyl sites for hydroxylation is 6. The number of hydrogen-bond acceptors (Lipinski definition) is 26. The quantitative estimate of drug-likeness (QED) is 0.0318. The number of benzene rings is 4. The van der Waals surface area contributed by atoms with Crippen molar-refractivity contribution >= 4 is 67.9 Å². The van der Waals surface area contributed by atoms with Crippen LogP contribution in [0.15, 0.2) is 128 Å². The van der Waals surface area contributed by atoms with Gasteiger partial charge in [-0.15, -0.1) is 0 Å². The van der Waals surface area contributed by atoms with Crippen molar-refractivity contribution in [3.63, 3.8) is 0 Å². The molecule has 0 bridgehead atoms. The largest absolute Gasteiger partial charge is 0.481 e. The Kier molecular flexibility index (Phi) is 25.0. The highest BCUT2D eigenvalue weighted by molar-refractivity contribution is 5.83. The molecule has 11 heterocycles. The zero-order chi connectivity index (χ0) is 84.0. The number of aromatic amines is 4. The number of anilines is 1. The van der Waals surface area contributed by atoms with E-state index in [4.69, 9.17) is 20.7 Å². The van der Waals surface area contributed by atoms with Crippen molar-refractivity contribution in [2.24, 2.45) is 17.8 Å². The predicted molar refractivity (Wildman–Crippen MR) is 438 cm³/mol. The first-order valence-electron chi connectivity index (χ1n) is 39.2. The number of carbonyl (C=O) groups is 3. The number of ether oxygens (including phenoxy) is 1. The van der Waals surface area contributed by atoms with E-state index in [1.54, 1.807) is 12.3 Å². The summed E-state index contributed by atoms with van der Waals surface area (Å²) >= 11 is 0. The highest BCUT2D eigenvalue weighted by atomic mass is 16.6. The average molecular weight is 1610 g/mol. The number of H-pyrrole nitrogens is 4. The summed E-state index contributed by atoms with van der Waals surface area (Å²) in [5.41, 5.74) is 10.5. The maximum absolute atomic E-state index is 12.3. The van der Waals surface area contributed by atoms with E-state index < -0.39 is 62.5 Å². The molecule has 4 aromatic carbocycles. The number of likely N-dealkylation sites (tertiary alicyclic amines) is 2. The maximum atomic E-state index is 12.3. The smallest absolute Gasteiger partial charge is 0.349 e. The monoisotopic (exact) mass is 1610 g/mol. The number of piperidine rings is 2. The number of para-hydroxylation sites is 4. The van der Waals surface area contributed by atoms with Crippen molar-refractivity contribution in [1.82, 2.24) is 103 Å². The first kappa shape index (κ1) is 82.9. The Labute approximate surface area is 670 Å². The van der Waals surface area contributed by atoms with Gasteiger partial charge in [0.2, 0.25) is 0 Å². The average Bonchev–Trinajstić information content (AvgIpc) is 0.802. The van der Waals surface area contributed by atoms with Crippen molar-refractivity contribution in [3.8, 4) is 46.1 Å². The van der Waals surface area contributed by atoms with E-state index in [9.17, 15) is 57.5 Å². The van der Waals surface area contributed by atoms with Gasteiger partial charge in [-0.1, -0.05) is 24.3 Å². The van der Waals surface area contributed by atoms with Crippen molar-refractivity contribution in [3.05, 3.63) is 201 Å². The first-order chi connectivity index (χ1) is 56.4. The van der Waals surface area contributed by atoms with Crippen LogP contribution >= 0.6 is 0 Å². The molecule has 10 aliphatic heterocycles. The van der Waals surface area contributed by atoms with Crippen LogP contribution < -0.4 is 61.7 Å². The molecule has 11 aliphatic rings. The van der Waals surface area contributed by atoms with Crippen LogP contribution in [0.5, 0.6) is 0 Å². The number of esters is 1. The van der Waals surface area contributed by atoms with Crippen LogP contribution in [0.4, 0.5) is 5.82 Å². The molecule has 616 valence electrons. The molecule has 0 amide bonds. The summed E-state index contributed by atoms with van der Waals surface area (Å²) in [5.74, 6) is -0.952. The van der Waals surface area contributed by atoms with Crippen LogP contribution in [0.1, 0.15) is 107 Å². The van der Waals surface area contributed by atoms with Gasteiger partial charge in [0.15, 0.2) is 46.1 Å². The summed E-state index contributed by atoms with van der Waals surface area (Å²) in [6, 6.07) is 24.5. The number of carboxylic acid groups (broad SMARTS) is 2. The standard InChI is InChI=1S/C22H27N5O4.C21H23N7O3.C20H23N5O4.C18H19N5O4/c1-22(2,3)31-20(29)14-8-10-26(11-9-14)12-13-27-16-7-5-4-6-15(16)23-17-18(27)24-21(30)25-19(17)28;1-12-10-14-15(11-13(12)2)28(18-17(23-14)19(29)26-20(30)25-18)8-5-3-4-7-27-9-6-16(22)24-21(27)31;1-10-7-14-15(8-11(10)2)25(17-16(22-14)18(26)24-20(29)23-17)6-5-21-13-4-3-12(9-13)19(27)28;24-16-14-15(20-18(27)21-16)23(13-4-2-1-3-12(13)19-14)10-9-22-7-5-11(6-8-22)17(25)26/h4-7,14H,8-13H2,1-3H3,(H,25,28,30);6,9-11H,3-5,7-8H2,1-2H3,(H2,22,24,31)(H,26,29,30);7-8,12-13,21H,3-6,9H2,1-2H3,(H,27,28)(H,24,26,29);1-4,11H,5-10H2,(H,25,26)(H,21,24,27)/t;;12-,13+;/m..0./s1. The molecule has 37 nitrogen and oxygen atoms in total. The van der Waals surface area contributed by atoms with Gasteiger partial charge >= 0.3 is 46.4 Å². The molecule has 9 N–H and O–H groups in total. The minimum Gasteiger partial charge on any atom is -0.481 e. The third kappa shape index (κ3) is 19.2. The van der Waals surface area contributed by atoms with Gasteiger partial charge in [-0.2, -0.15) is 24.9 Å². The topological polar surface area (TPSA) is 503 Å². The SMILES string of the molecule is CC(C)(C)OC(=O)C1CCN(CCn2c3nc(=O)[nH]c(=O)c-3nc3ccccc32)CC1.Cc1cc2nc3c(=O)[nH]c(=O)nc-3n(CCCCCn3ccc(N)nc3=O)c2cc1C.Cc1cc2nc3c(=O)[nH]c(=O)nc-3n(CCN[C@@H]3CC[C@H](C(=O)O)C3)c2cc1C.O=C(O)C1CCN(CCn2c3nc(=O)[nH]c(=O)c-3nc3ccccc32)CC1. The molecule has 16 rings (SSSR count). The number of hydrogen-bond donors (Lipinski definition) is 8. The fraction of sp³-hybridized carbons (Fsp3) is 0.420. The molecule has 5 aromatic rings. The number of nitrogen functional groups attached to an aromatic ring is 1. The molecule has 1 aromatic heterocycles. The van der Waals surface area contributed by atoms with E-state index >= 15 is 0 Å². The number of nitrogens with zero attached hydrogens (tertiary/aromatic N) is 16. The number of carboxylic acids is 2. The van der Waals surface area contributed by atoms with Crippen molar-refractivity contribution in [1.29, 1.82) is 0 Å². The Morgan fingerprint density at radius 1 is 0.449 bits per heavy atom. The van der Waals surface area contributed by atoms with Gasteiger partial charge in [-0.25, -0.2) is 43.9 Å². The molecule has 37 heteroatoms. The highest BCUT2D eigenvalue weighted by Crippen LogP contribution is 2.30. The third-order valence-corrected chi connectivity index (χ3v) is 21.8. The lowest BCUT2D eigenvalue weighted by Gasteiger charge is -2.32. The van der Waals surface area contributed by atoms with E-state index in [1.807, 2.05) is 140 Å². The summed E-state index contributed by atoms with van der Waals surface area (Å²) in [6.45, 7) is 21.2. The van der Waals surface area contributed by atoms with Gasteiger partial charge in [0.1, 0.15) is 11.4 Å². The number of rotatable bonds is 19. The molecule has 0 radical (unpaired) electrons. The zero-order valence-corrected chi connectivity index (χ0v) is 66.4. The van der Waals surface area contributed by atoms with Gasteiger partial charge in [-0.05, 0) is 216 Å². The number of carbonyl (C=O) groups excluding carboxylic acids is 1. The second-order valence-corrected chi connectivity index (χ2v) is 31.0. The zero-order valence-electron chi connectivity index (χ0n) is 66.4. The van der Waals surface area contributed by atoms with E-state index in [1.165, 1.54) is 4.57 Å². The fourth-order valence-corrected chi connectivity index (χ4v) is 15.3. The molecule has 1 aliphatic carbocycles. The van der Waals surface area contributed by atoms with Crippen LogP contribution in [-0.4, -0.2) is 183 Å². The predicted octanol–water partition coefficient (Wildman–Crippen LogP) is 4.27. The molecule has 2 saturated heterocycles. The lowest BCUT2D eigenvalue weighted by molar-refractivity contribution is -0.161. The molecule has 0 spiro atoms. The van der Waals surface area contributed by atoms with Crippen LogP contribution in [0.2, 0.25) is 0 Å². The summed E-state index contributed by atoms with van der Waals surface area (Å²) < 4.78 is 14.5. The Morgan fingerprint density at radius 3 is 1.27 bits per heavy atom. The summed E-state index contributed by atoms with van der Waals surface area (Å²) in [7, 11) is 0. The molecule has 2 atom stereocenters. The number of aliphatic carboxylic acids is 2. The lowest BCUT2D eigenvalue weighted by atomic mass is 9.96. The van der Waals surface area contributed by atoms with Crippen LogP contribution in [0, 0.1) is 45.4 Å². The maximum Gasteiger partial charge on any atom is 0.349 e. The van der Waals surface area contributed by atoms with E-state index in [0.29, 0.717) is 113 Å². The molecule has 1 saturated carbocycles. The number of nitrogens with one attached hydrogen (secondary N) is 5. The second-order valence-electron chi connectivity index (χ2n) is 31.0. The molecule has 118 heavy (non-hydrogen) atoms. The number of fused-ring (bicyclic) bond motifs is 8. The van der Waals surface area contributed by atoms with E-state index in [0.717, 1.165) is 95.9 Å². The van der Waals surface area contributed by atoms with Gasteiger partial charge < -0.3 is 54.1 Å². The Morgan fingerprint density at radius 2 is 0.847 bits per heavy atom. The molecular formula is C81H92N22O15. The molecule has 0 unspecified atom stereocenters. The van der Waals surface area contributed by atoms with Crippen molar-refractivity contribution in [2.75, 3.05) is 51.5 Å². The van der Waals surface area contributed by atoms with E-state index in [2.05, 4.69) is 79.9 Å². The Balaban J connectivity index is 0.000000137. The van der Waals surface area contributed by atoms with Crippen molar-refractivity contribution < 1.29 is 29.3 Å². The number of unbranched alkanes of at least 4 members (excludes halogenated alkanes) is 2. The van der Waals surface area contributed by atoms with Crippen LogP contribution in [0.3, 0.4) is 0 Å². The summed E-state index contributed by atoms with van der Waals surface area (Å²) in [6.07, 6.45) is 8.86. The van der Waals surface area contributed by atoms with Gasteiger partial charge in [-0.3, -0.25) is 58.1 Å². The van der Waals surface area contributed by atoms with Gasteiger partial charge in [0.05, 0.1) is 61.9 Å². The minimum absolute atomic E-state index is 0.0750. The third-order valence-electron chi connectivity index (χ3n) is 21.8. The van der Waals surface area contributed by atoms with Gasteiger partial charge in [0.25, 0.3) is 22.2 Å². The van der Waals surface area contributed by atoms with Crippen molar-refractivity contribution in [2.45, 2.75) is 157 Å². The molecule has 3 fully saturated rings. The molecular weight excluding hydrogens is 1520 g/mol. The first-order valence-corrected chi connectivity index (χ1v) is 39.2. The summed E-state index contributed by atoms with van der Waals surface area (Å²) in [4.78, 5) is 193. The number of aromatic nitrogens is 18. The fourth-order valence-electron chi connectivity index (χ4n) is 15.3. The van der Waals surface area contributed by atoms with E-state index in [-0.39, 0.29) is 87.3 Å². The Hall–Kier alpha value is -13.0. The van der Waals surface area contributed by atoms with Crippen LogP contribution in [-0.2, 0) is 51.8 Å². The highest BCUT2D eigenvalue weighted by Gasteiger charge is 2.33. The number of nitrogens with two attached hydrogens (primary N) is 1. The lowest BCUT2D eigenvalue weighted by Crippen LogP contribution is -2.40. The second kappa shape index (κ2) is 35.6.